The molecule has 0 aliphatic carbocycles. The highest BCUT2D eigenvalue weighted by Crippen LogP contribution is 2.26. The van der Waals surface area contributed by atoms with Gasteiger partial charge in [0.05, 0.1) is 30.7 Å². The Morgan fingerprint density at radius 3 is 2.51 bits per heavy atom. The number of halogens is 2. The molecule has 1 amide bonds. The van der Waals surface area contributed by atoms with Crippen molar-refractivity contribution in [2.45, 2.75) is 12.5 Å². The predicted molar refractivity (Wildman–Crippen MR) is 130 cm³/mol. The summed E-state index contributed by atoms with van der Waals surface area (Å²) >= 11 is 0. The summed E-state index contributed by atoms with van der Waals surface area (Å²) in [6.07, 6.45) is 1.95. The van der Waals surface area contributed by atoms with E-state index in [1.165, 1.54) is 12.3 Å². The van der Waals surface area contributed by atoms with Crippen LogP contribution in [-0.4, -0.2) is 54.8 Å². The maximum atomic E-state index is 14.8. The molecule has 0 bridgehead atoms. The molecule has 3 aromatic rings. The van der Waals surface area contributed by atoms with Gasteiger partial charge in [0.1, 0.15) is 5.82 Å². The number of nitrogens with one attached hydrogen (secondary N) is 2. The van der Waals surface area contributed by atoms with Gasteiger partial charge in [-0.15, -0.1) is 0 Å². The van der Waals surface area contributed by atoms with Crippen LogP contribution in [0.1, 0.15) is 15.9 Å². The van der Waals surface area contributed by atoms with Crippen LogP contribution in [-0.2, 0) is 11.2 Å². The Balaban J connectivity index is 1.57. The standard InChI is InChI=1S/C24H27F2N7O2/c25-19-12-18(21(28)34)22(32-23(19)30-16(13-27)10-15-4-2-1-3-5-15)31-17-11-20(26)24(29-14-17)33-6-8-35-9-7-33/h1-5,11-12,14,16H,6-10,13,27H2,(H2,28,34)(H2,30,31,32). The second-order valence-electron chi connectivity index (χ2n) is 8.10. The minimum absolute atomic E-state index is 0.0304. The van der Waals surface area contributed by atoms with E-state index in [1.54, 1.807) is 4.90 Å². The van der Waals surface area contributed by atoms with E-state index in [0.717, 1.165) is 11.6 Å². The monoisotopic (exact) mass is 483 g/mol. The Labute approximate surface area is 201 Å². The van der Waals surface area contributed by atoms with Crippen molar-refractivity contribution in [2.24, 2.45) is 11.5 Å². The number of primary amides is 1. The van der Waals surface area contributed by atoms with Crippen LogP contribution >= 0.6 is 0 Å². The van der Waals surface area contributed by atoms with Crippen molar-refractivity contribution in [3.63, 3.8) is 0 Å². The number of morpholine rings is 1. The van der Waals surface area contributed by atoms with Crippen LogP contribution in [0.25, 0.3) is 0 Å². The van der Waals surface area contributed by atoms with E-state index >= 15 is 0 Å². The third-order valence-electron chi connectivity index (χ3n) is 5.59. The molecule has 1 aliphatic rings. The SMILES string of the molecule is NCC(Cc1ccccc1)Nc1nc(Nc2cnc(N3CCOCC3)c(F)c2)c(C(N)=O)cc1F. The highest BCUT2D eigenvalue weighted by atomic mass is 19.1. The number of anilines is 4. The van der Waals surface area contributed by atoms with Gasteiger partial charge >= 0.3 is 0 Å². The molecule has 1 fully saturated rings. The summed E-state index contributed by atoms with van der Waals surface area (Å²) in [6, 6.07) is 11.5. The molecule has 1 aliphatic heterocycles. The number of hydrogen-bond acceptors (Lipinski definition) is 8. The molecule has 9 nitrogen and oxygen atoms in total. The lowest BCUT2D eigenvalue weighted by molar-refractivity contribution is 0.100. The Morgan fingerprint density at radius 2 is 1.86 bits per heavy atom. The van der Waals surface area contributed by atoms with Crippen molar-refractivity contribution in [1.82, 2.24) is 9.97 Å². The molecule has 3 heterocycles. The van der Waals surface area contributed by atoms with E-state index < -0.39 is 17.5 Å². The lowest BCUT2D eigenvalue weighted by atomic mass is 10.1. The summed E-state index contributed by atoms with van der Waals surface area (Å²) < 4.78 is 34.9. The van der Waals surface area contributed by atoms with Crippen LogP contribution in [0.4, 0.5) is 31.9 Å². The molecule has 6 N–H and O–H groups in total. The van der Waals surface area contributed by atoms with Gasteiger partial charge in [0.25, 0.3) is 5.91 Å². The molecule has 35 heavy (non-hydrogen) atoms. The number of nitrogens with zero attached hydrogens (tertiary/aromatic N) is 3. The minimum Gasteiger partial charge on any atom is -0.378 e. The zero-order chi connectivity index (χ0) is 24.8. The first-order chi connectivity index (χ1) is 16.9. The van der Waals surface area contributed by atoms with Crippen molar-refractivity contribution >= 4 is 29.0 Å². The fourth-order valence-corrected chi connectivity index (χ4v) is 3.80. The summed E-state index contributed by atoms with van der Waals surface area (Å²) in [6.45, 7) is 2.26. The van der Waals surface area contributed by atoms with Gasteiger partial charge in [0.2, 0.25) is 0 Å². The molecule has 1 aromatic carbocycles. The highest BCUT2D eigenvalue weighted by Gasteiger charge is 2.20. The van der Waals surface area contributed by atoms with Crippen LogP contribution in [0.5, 0.6) is 0 Å². The topological polar surface area (TPSA) is 131 Å². The quantitative estimate of drug-likeness (QED) is 0.365. The molecule has 0 saturated carbocycles. The number of pyridine rings is 2. The summed E-state index contributed by atoms with van der Waals surface area (Å²) in [7, 11) is 0. The van der Waals surface area contributed by atoms with Crippen LogP contribution < -0.4 is 27.0 Å². The third-order valence-corrected chi connectivity index (χ3v) is 5.59. The number of ether oxygens (including phenoxy) is 1. The number of nitrogens with two attached hydrogens (primary N) is 2. The first-order valence-electron chi connectivity index (χ1n) is 11.2. The smallest absolute Gasteiger partial charge is 0.252 e. The number of rotatable bonds is 9. The second kappa shape index (κ2) is 11.1. The van der Waals surface area contributed by atoms with Crippen molar-refractivity contribution in [2.75, 3.05) is 48.4 Å². The molecular formula is C24H27F2N7O2. The van der Waals surface area contributed by atoms with E-state index in [2.05, 4.69) is 20.6 Å². The number of amides is 1. The van der Waals surface area contributed by atoms with E-state index in [4.69, 9.17) is 16.2 Å². The number of benzene rings is 1. The Bertz CT molecular complexity index is 1170. The fourth-order valence-electron chi connectivity index (χ4n) is 3.80. The van der Waals surface area contributed by atoms with Crippen LogP contribution in [0.15, 0.2) is 48.7 Å². The minimum atomic E-state index is -0.886. The Hall–Kier alpha value is -3.83. The van der Waals surface area contributed by atoms with Gasteiger partial charge in [-0.2, -0.15) is 0 Å². The van der Waals surface area contributed by atoms with E-state index in [0.29, 0.717) is 32.7 Å². The van der Waals surface area contributed by atoms with Gasteiger partial charge in [-0.05, 0) is 18.1 Å². The fraction of sp³-hybridized carbons (Fsp3) is 0.292. The van der Waals surface area contributed by atoms with E-state index in [-0.39, 0.29) is 41.3 Å². The first-order valence-corrected chi connectivity index (χ1v) is 11.2. The summed E-state index contributed by atoms with van der Waals surface area (Å²) in [5.74, 6) is -2.13. The zero-order valence-electron chi connectivity index (χ0n) is 19.0. The molecule has 0 radical (unpaired) electrons. The lowest BCUT2D eigenvalue weighted by Gasteiger charge is -2.28. The second-order valence-corrected chi connectivity index (χ2v) is 8.10. The predicted octanol–water partition coefficient (Wildman–Crippen LogP) is 2.42. The maximum Gasteiger partial charge on any atom is 0.252 e. The van der Waals surface area contributed by atoms with Gasteiger partial charge in [-0.25, -0.2) is 18.7 Å². The molecule has 184 valence electrons. The Morgan fingerprint density at radius 1 is 1.11 bits per heavy atom. The molecule has 4 rings (SSSR count). The van der Waals surface area contributed by atoms with Crippen LogP contribution in [0, 0.1) is 11.6 Å². The normalized spacial score (nSPS) is 14.4. The number of carbonyl (C=O) groups excluding carboxylic acids is 1. The first kappa shape index (κ1) is 24.3. The van der Waals surface area contributed by atoms with Crippen molar-refractivity contribution in [3.8, 4) is 0 Å². The third kappa shape index (κ3) is 6.00. The van der Waals surface area contributed by atoms with Crippen LogP contribution in [0.2, 0.25) is 0 Å². The van der Waals surface area contributed by atoms with Crippen LogP contribution in [0.3, 0.4) is 0 Å². The van der Waals surface area contributed by atoms with Crippen molar-refractivity contribution in [3.05, 3.63) is 71.4 Å². The van der Waals surface area contributed by atoms with Crippen molar-refractivity contribution in [1.29, 1.82) is 0 Å². The van der Waals surface area contributed by atoms with Gasteiger partial charge < -0.3 is 31.7 Å². The van der Waals surface area contributed by atoms with Gasteiger partial charge in [-0.1, -0.05) is 30.3 Å². The number of carbonyl (C=O) groups is 1. The molecule has 1 atom stereocenters. The van der Waals surface area contributed by atoms with E-state index in [1.807, 2.05) is 30.3 Å². The number of aromatic nitrogens is 2. The average Bonchev–Trinajstić information content (AvgIpc) is 2.86. The summed E-state index contributed by atoms with van der Waals surface area (Å²) in [5.41, 5.74) is 12.4. The highest BCUT2D eigenvalue weighted by molar-refractivity contribution is 5.98. The number of hydrogen-bond donors (Lipinski definition) is 4. The molecule has 1 saturated heterocycles. The van der Waals surface area contributed by atoms with Gasteiger partial charge in [0.15, 0.2) is 23.3 Å². The van der Waals surface area contributed by atoms with Gasteiger partial charge in [-0.3, -0.25) is 4.79 Å². The molecule has 0 spiro atoms. The molecule has 11 heteroatoms. The average molecular weight is 484 g/mol. The lowest BCUT2D eigenvalue weighted by Crippen LogP contribution is -2.37. The maximum absolute atomic E-state index is 14.8. The summed E-state index contributed by atoms with van der Waals surface area (Å²) in [5, 5.41) is 5.83. The Kier molecular flexibility index (Phi) is 7.68. The molecular weight excluding hydrogens is 456 g/mol. The molecule has 2 aromatic heterocycles. The summed E-state index contributed by atoms with van der Waals surface area (Å²) in [4.78, 5) is 22.2. The van der Waals surface area contributed by atoms with Crippen molar-refractivity contribution < 1.29 is 18.3 Å². The van der Waals surface area contributed by atoms with E-state index in [9.17, 15) is 13.6 Å². The van der Waals surface area contributed by atoms with Gasteiger partial charge in [0, 0.05) is 31.7 Å². The largest absolute Gasteiger partial charge is 0.378 e. The zero-order valence-corrected chi connectivity index (χ0v) is 19.0. The molecule has 1 unspecified atom stereocenters.